The molecule has 1 aliphatic rings. The minimum Gasteiger partial charge on any atom is -0.388 e. The second-order valence-electron chi connectivity index (χ2n) is 4.46. The third-order valence-electron chi connectivity index (χ3n) is 3.19. The largest absolute Gasteiger partial charge is 0.388 e. The van der Waals surface area contributed by atoms with Crippen LogP contribution in [0, 0.1) is 11.6 Å². The van der Waals surface area contributed by atoms with Crippen molar-refractivity contribution in [3.63, 3.8) is 0 Å². The third kappa shape index (κ3) is 2.22. The molecule has 0 fully saturated rings. The van der Waals surface area contributed by atoms with E-state index in [4.69, 9.17) is 0 Å². The van der Waals surface area contributed by atoms with E-state index in [0.717, 1.165) is 35.9 Å². The number of hydrogen-bond acceptors (Lipinski definition) is 3. The first kappa shape index (κ1) is 13.1. The van der Waals surface area contributed by atoms with Crippen LogP contribution in [0.15, 0.2) is 16.6 Å². The molecular formula is C13H10BrF2NOS. The Balaban J connectivity index is 2.11. The molecule has 1 aromatic heterocycles. The van der Waals surface area contributed by atoms with Crippen LogP contribution in [0.1, 0.15) is 29.5 Å². The van der Waals surface area contributed by atoms with Gasteiger partial charge in [0.05, 0.1) is 21.1 Å². The molecule has 1 N–H and O–H groups in total. The summed E-state index contributed by atoms with van der Waals surface area (Å²) in [5.41, 5.74) is 1.39. The molecule has 2 aromatic rings. The number of aromatic nitrogens is 1. The van der Waals surface area contributed by atoms with Crippen molar-refractivity contribution in [1.29, 1.82) is 0 Å². The summed E-state index contributed by atoms with van der Waals surface area (Å²) in [5, 5.41) is 10.5. The number of aryl methyl sites for hydroxylation is 1. The van der Waals surface area contributed by atoms with Gasteiger partial charge >= 0.3 is 0 Å². The number of fused-ring (bicyclic) bond motifs is 1. The second-order valence-corrected chi connectivity index (χ2v) is 6.28. The molecule has 3 rings (SSSR count). The molecule has 19 heavy (non-hydrogen) atoms. The predicted octanol–water partition coefficient (Wildman–Crippen LogP) is 4.22. The summed E-state index contributed by atoms with van der Waals surface area (Å²) < 4.78 is 26.7. The van der Waals surface area contributed by atoms with E-state index in [1.807, 2.05) is 0 Å². The van der Waals surface area contributed by atoms with Crippen molar-refractivity contribution < 1.29 is 13.9 Å². The molecule has 1 atom stereocenters. The lowest BCUT2D eigenvalue weighted by Crippen LogP contribution is -2.06. The van der Waals surface area contributed by atoms with E-state index in [2.05, 4.69) is 20.9 Å². The molecular weight excluding hydrogens is 336 g/mol. The average molecular weight is 346 g/mol. The zero-order chi connectivity index (χ0) is 13.6. The van der Waals surface area contributed by atoms with E-state index in [9.17, 15) is 13.9 Å². The van der Waals surface area contributed by atoms with Gasteiger partial charge in [0, 0.05) is 5.56 Å². The van der Waals surface area contributed by atoms with E-state index in [-0.39, 0.29) is 4.47 Å². The Morgan fingerprint density at radius 3 is 2.89 bits per heavy atom. The van der Waals surface area contributed by atoms with E-state index in [1.165, 1.54) is 17.4 Å². The normalized spacial score (nSPS) is 18.4. The number of aliphatic hydroxyl groups excluding tert-OH is 1. The highest BCUT2D eigenvalue weighted by atomic mass is 79.9. The number of benzene rings is 1. The molecule has 1 aromatic carbocycles. The van der Waals surface area contributed by atoms with Crippen LogP contribution in [0.25, 0.3) is 10.6 Å². The van der Waals surface area contributed by atoms with Gasteiger partial charge in [0.2, 0.25) is 0 Å². The number of aliphatic hydroxyl groups is 1. The maximum Gasteiger partial charge on any atom is 0.173 e. The quantitative estimate of drug-likeness (QED) is 0.785. The van der Waals surface area contributed by atoms with Crippen LogP contribution in [-0.2, 0) is 6.42 Å². The maximum atomic E-state index is 13.5. The molecule has 0 radical (unpaired) electrons. The highest BCUT2D eigenvalue weighted by Gasteiger charge is 2.24. The van der Waals surface area contributed by atoms with Gasteiger partial charge in [-0.15, -0.1) is 11.3 Å². The summed E-state index contributed by atoms with van der Waals surface area (Å²) in [6, 6.07) is 2.59. The fraction of sp³-hybridized carbons (Fsp3) is 0.308. The van der Waals surface area contributed by atoms with Crippen LogP contribution >= 0.6 is 27.3 Å². The Morgan fingerprint density at radius 1 is 1.37 bits per heavy atom. The van der Waals surface area contributed by atoms with Gasteiger partial charge in [-0.1, -0.05) is 0 Å². The summed E-state index contributed by atoms with van der Waals surface area (Å²) in [6.07, 6.45) is 1.97. The zero-order valence-electron chi connectivity index (χ0n) is 9.79. The van der Waals surface area contributed by atoms with Crippen molar-refractivity contribution in [2.75, 3.05) is 0 Å². The summed E-state index contributed by atoms with van der Waals surface area (Å²) in [6.45, 7) is 0. The van der Waals surface area contributed by atoms with Crippen LogP contribution in [-0.4, -0.2) is 10.1 Å². The van der Waals surface area contributed by atoms with Crippen LogP contribution in [0.5, 0.6) is 0 Å². The van der Waals surface area contributed by atoms with Crippen molar-refractivity contribution in [3.8, 4) is 10.6 Å². The number of rotatable bonds is 1. The first-order valence-electron chi connectivity index (χ1n) is 5.89. The van der Waals surface area contributed by atoms with Crippen molar-refractivity contribution in [1.82, 2.24) is 4.98 Å². The number of thiazole rings is 1. The highest BCUT2D eigenvalue weighted by Crippen LogP contribution is 2.40. The molecule has 0 aliphatic heterocycles. The van der Waals surface area contributed by atoms with Crippen LogP contribution in [0.4, 0.5) is 8.78 Å². The van der Waals surface area contributed by atoms with Crippen molar-refractivity contribution in [2.45, 2.75) is 25.4 Å². The SMILES string of the molecule is OC1CCCc2nc(-c3ccc(F)c(F)c3Br)sc21. The van der Waals surface area contributed by atoms with E-state index < -0.39 is 17.7 Å². The molecule has 100 valence electrons. The zero-order valence-corrected chi connectivity index (χ0v) is 12.2. The smallest absolute Gasteiger partial charge is 0.173 e. The van der Waals surface area contributed by atoms with Gasteiger partial charge in [-0.05, 0) is 47.3 Å². The standard InChI is InChI=1S/C13H10BrF2NOS/c14-10-6(4-5-7(15)11(10)16)13-17-8-2-1-3-9(18)12(8)19-13/h4-5,9,18H,1-3H2. The van der Waals surface area contributed by atoms with E-state index in [1.54, 1.807) is 0 Å². The first-order valence-corrected chi connectivity index (χ1v) is 7.50. The fourth-order valence-electron chi connectivity index (χ4n) is 2.20. The first-order chi connectivity index (χ1) is 9.08. The van der Waals surface area contributed by atoms with Crippen molar-refractivity contribution in [3.05, 3.63) is 38.8 Å². The summed E-state index contributed by atoms with van der Waals surface area (Å²) in [5.74, 6) is -1.80. The summed E-state index contributed by atoms with van der Waals surface area (Å²) in [7, 11) is 0. The molecule has 1 unspecified atom stereocenters. The van der Waals surface area contributed by atoms with Gasteiger partial charge in [0.25, 0.3) is 0 Å². The minimum atomic E-state index is -0.911. The molecule has 2 nitrogen and oxygen atoms in total. The average Bonchev–Trinajstić information content (AvgIpc) is 2.81. The Bertz CT molecular complexity index is 644. The van der Waals surface area contributed by atoms with Gasteiger partial charge in [0.1, 0.15) is 5.01 Å². The Labute approximate surface area is 121 Å². The van der Waals surface area contributed by atoms with Crippen LogP contribution < -0.4 is 0 Å². The summed E-state index contributed by atoms with van der Waals surface area (Å²) in [4.78, 5) is 5.29. The van der Waals surface area contributed by atoms with Gasteiger partial charge < -0.3 is 5.11 Å². The number of halogens is 3. The van der Waals surface area contributed by atoms with Crippen molar-refractivity contribution in [2.24, 2.45) is 0 Å². The van der Waals surface area contributed by atoms with Crippen molar-refractivity contribution >= 4 is 27.3 Å². The molecule has 0 amide bonds. The Hall–Kier alpha value is -0.850. The Kier molecular flexibility index (Phi) is 3.41. The number of hydrogen-bond donors (Lipinski definition) is 1. The molecule has 0 saturated carbocycles. The molecule has 0 bridgehead atoms. The van der Waals surface area contributed by atoms with Gasteiger partial charge in [0.15, 0.2) is 11.6 Å². The molecule has 0 spiro atoms. The molecule has 1 heterocycles. The monoisotopic (exact) mass is 345 g/mol. The highest BCUT2D eigenvalue weighted by molar-refractivity contribution is 9.10. The lowest BCUT2D eigenvalue weighted by atomic mass is 10.0. The third-order valence-corrected chi connectivity index (χ3v) is 5.19. The predicted molar refractivity (Wildman–Crippen MR) is 73.1 cm³/mol. The van der Waals surface area contributed by atoms with Gasteiger partial charge in [-0.2, -0.15) is 0 Å². The topological polar surface area (TPSA) is 33.1 Å². The molecule has 6 heteroatoms. The van der Waals surface area contributed by atoms with Crippen LogP contribution in [0.3, 0.4) is 0 Å². The molecule has 0 saturated heterocycles. The maximum absolute atomic E-state index is 13.5. The Morgan fingerprint density at radius 2 is 2.16 bits per heavy atom. The lowest BCUT2D eigenvalue weighted by Gasteiger charge is -2.14. The number of nitrogens with zero attached hydrogens (tertiary/aromatic N) is 1. The van der Waals surface area contributed by atoms with E-state index in [0.29, 0.717) is 10.6 Å². The fourth-order valence-corrected chi connectivity index (χ4v) is 4.01. The van der Waals surface area contributed by atoms with E-state index >= 15 is 0 Å². The minimum absolute atomic E-state index is 0.0769. The summed E-state index contributed by atoms with van der Waals surface area (Å²) >= 11 is 4.41. The second kappa shape index (κ2) is 4.92. The lowest BCUT2D eigenvalue weighted by molar-refractivity contribution is 0.160. The molecule has 1 aliphatic carbocycles. The van der Waals surface area contributed by atoms with Crippen LogP contribution in [0.2, 0.25) is 0 Å². The van der Waals surface area contributed by atoms with Gasteiger partial charge in [-0.25, -0.2) is 13.8 Å². The van der Waals surface area contributed by atoms with Gasteiger partial charge in [-0.3, -0.25) is 0 Å².